The molecule has 0 fully saturated rings. The van der Waals surface area contributed by atoms with Gasteiger partial charge in [0.1, 0.15) is 17.0 Å². The summed E-state index contributed by atoms with van der Waals surface area (Å²) in [4.78, 5) is 6.38. The lowest BCUT2D eigenvalue weighted by Gasteiger charge is -2.06. The second kappa shape index (κ2) is 4.93. The third-order valence-corrected chi connectivity index (χ3v) is 2.54. The molecule has 8 heteroatoms. The summed E-state index contributed by atoms with van der Waals surface area (Å²) in [5, 5.41) is 2.65. The first kappa shape index (κ1) is 13.4. The van der Waals surface area contributed by atoms with Crippen LogP contribution >= 0.6 is 11.6 Å². The highest BCUT2D eigenvalue weighted by atomic mass is 35.5. The number of H-pyrrole nitrogens is 1. The molecule has 0 spiro atoms. The van der Waals surface area contributed by atoms with Crippen LogP contribution in [0.25, 0.3) is 0 Å². The van der Waals surface area contributed by atoms with E-state index in [-0.39, 0.29) is 16.7 Å². The summed E-state index contributed by atoms with van der Waals surface area (Å²) in [5.41, 5.74) is 4.63. The molecule has 2 rings (SSSR count). The van der Waals surface area contributed by atoms with E-state index in [2.05, 4.69) is 15.3 Å². The maximum absolute atomic E-state index is 12.5. The van der Waals surface area contributed by atoms with Gasteiger partial charge in [0.05, 0.1) is 5.56 Å². The van der Waals surface area contributed by atoms with Crippen molar-refractivity contribution >= 4 is 29.1 Å². The van der Waals surface area contributed by atoms with Gasteiger partial charge in [0.25, 0.3) is 5.82 Å². The van der Waals surface area contributed by atoms with Crippen LogP contribution < -0.4 is 16.0 Å². The zero-order chi connectivity index (χ0) is 14.0. The number of alkyl halides is 3. The van der Waals surface area contributed by atoms with E-state index in [4.69, 9.17) is 17.3 Å². The van der Waals surface area contributed by atoms with Crippen molar-refractivity contribution in [3.8, 4) is 0 Å². The fraction of sp³-hybridized carbons (Fsp3) is 0.0909. The van der Waals surface area contributed by atoms with Gasteiger partial charge >= 0.3 is 6.18 Å². The average molecular weight is 290 g/mol. The number of halogens is 4. The lowest BCUT2D eigenvalue weighted by molar-refractivity contribution is -0.364. The quantitative estimate of drug-likeness (QED) is 0.893. The predicted octanol–water partition coefficient (Wildman–Crippen LogP) is 2.89. The number of nitrogens with zero attached hydrogens (tertiary/aromatic N) is 1. The molecule has 4 nitrogen and oxygen atoms in total. The molecule has 4 N–H and O–H groups in total. The molecular formula is C11H9ClF3N4+. The Kier molecular flexibility index (Phi) is 3.48. The molecule has 0 aliphatic carbocycles. The Labute approximate surface area is 111 Å². The fourth-order valence-electron chi connectivity index (χ4n) is 1.38. The largest absolute Gasteiger partial charge is 0.419 e. The van der Waals surface area contributed by atoms with Crippen LogP contribution in [0.15, 0.2) is 30.5 Å². The van der Waals surface area contributed by atoms with Gasteiger partial charge in [-0.1, -0.05) is 17.7 Å². The first-order valence-corrected chi connectivity index (χ1v) is 5.52. The van der Waals surface area contributed by atoms with Gasteiger partial charge < -0.3 is 5.73 Å². The van der Waals surface area contributed by atoms with E-state index in [0.717, 1.165) is 12.3 Å². The number of aromatic amines is 1. The van der Waals surface area contributed by atoms with Crippen molar-refractivity contribution in [2.45, 2.75) is 6.18 Å². The summed E-state index contributed by atoms with van der Waals surface area (Å²) < 4.78 is 37.4. The minimum absolute atomic E-state index is 0.0981. The molecule has 100 valence electrons. The molecule has 2 aromatic heterocycles. The fourth-order valence-corrected chi connectivity index (χ4v) is 1.60. The Morgan fingerprint density at radius 2 is 2.05 bits per heavy atom. The van der Waals surface area contributed by atoms with Crippen LogP contribution in [0.2, 0.25) is 5.02 Å². The second-order valence-corrected chi connectivity index (χ2v) is 4.09. The Balaban J connectivity index is 2.27. The van der Waals surface area contributed by atoms with Crippen molar-refractivity contribution in [1.29, 1.82) is 0 Å². The molecule has 0 saturated heterocycles. The topological polar surface area (TPSA) is 65.1 Å². The minimum Gasteiger partial charge on any atom is -0.384 e. The van der Waals surface area contributed by atoms with Gasteiger partial charge in [-0.25, -0.2) is 10.3 Å². The monoisotopic (exact) mass is 289 g/mol. The van der Waals surface area contributed by atoms with E-state index in [1.54, 1.807) is 18.2 Å². The summed E-state index contributed by atoms with van der Waals surface area (Å²) in [6.07, 6.45) is -3.63. The molecule has 0 atom stereocenters. The second-order valence-electron chi connectivity index (χ2n) is 3.68. The highest BCUT2D eigenvalue weighted by Crippen LogP contribution is 2.31. The van der Waals surface area contributed by atoms with Crippen molar-refractivity contribution in [3.63, 3.8) is 0 Å². The highest BCUT2D eigenvalue weighted by molar-refractivity contribution is 6.32. The predicted molar refractivity (Wildman–Crippen MR) is 64.9 cm³/mol. The number of anilines is 3. The first-order chi connectivity index (χ1) is 8.86. The number of nitrogen functional groups attached to an aromatic ring is 1. The van der Waals surface area contributed by atoms with Crippen LogP contribution in [0, 0.1) is 0 Å². The number of pyridine rings is 2. The number of rotatable bonds is 2. The van der Waals surface area contributed by atoms with Crippen LogP contribution in [-0.2, 0) is 6.18 Å². The Morgan fingerprint density at radius 1 is 1.32 bits per heavy atom. The molecule has 0 aliphatic rings. The Hall–Kier alpha value is -2.02. The van der Waals surface area contributed by atoms with Crippen LogP contribution in [0.4, 0.5) is 30.6 Å². The molecule has 0 unspecified atom stereocenters. The third-order valence-electron chi connectivity index (χ3n) is 2.24. The van der Waals surface area contributed by atoms with Crippen molar-refractivity contribution in [3.05, 3.63) is 41.0 Å². The van der Waals surface area contributed by atoms with Gasteiger partial charge in [0.2, 0.25) is 5.82 Å². The lowest BCUT2D eigenvalue weighted by Crippen LogP contribution is -2.16. The first-order valence-electron chi connectivity index (χ1n) is 5.14. The number of hydrogen-bond acceptors (Lipinski definition) is 3. The molecule has 19 heavy (non-hydrogen) atoms. The number of aromatic nitrogens is 2. The van der Waals surface area contributed by atoms with E-state index in [0.29, 0.717) is 5.82 Å². The average Bonchev–Trinajstić information content (AvgIpc) is 2.30. The van der Waals surface area contributed by atoms with Crippen molar-refractivity contribution in [1.82, 2.24) is 4.98 Å². The van der Waals surface area contributed by atoms with Gasteiger partial charge in [-0.2, -0.15) is 18.2 Å². The molecule has 0 amide bonds. The minimum atomic E-state index is -4.45. The maximum Gasteiger partial charge on any atom is 0.419 e. The zero-order valence-electron chi connectivity index (χ0n) is 9.42. The summed E-state index contributed by atoms with van der Waals surface area (Å²) in [7, 11) is 0. The van der Waals surface area contributed by atoms with E-state index in [1.165, 1.54) is 0 Å². The van der Waals surface area contributed by atoms with E-state index in [1.807, 2.05) is 0 Å². The van der Waals surface area contributed by atoms with E-state index < -0.39 is 11.7 Å². The smallest absolute Gasteiger partial charge is 0.384 e. The van der Waals surface area contributed by atoms with Crippen LogP contribution in [0.1, 0.15) is 5.56 Å². The summed E-state index contributed by atoms with van der Waals surface area (Å²) in [6, 6.07) is 5.68. The molecule has 0 aliphatic heterocycles. The zero-order valence-corrected chi connectivity index (χ0v) is 10.2. The molecule has 0 bridgehead atoms. The molecule has 0 radical (unpaired) electrons. The summed E-state index contributed by atoms with van der Waals surface area (Å²) in [6.45, 7) is 0. The van der Waals surface area contributed by atoms with Gasteiger partial charge in [-0.3, -0.25) is 0 Å². The van der Waals surface area contributed by atoms with Gasteiger partial charge in [0.15, 0.2) is 0 Å². The molecule has 2 aromatic rings. The highest BCUT2D eigenvalue weighted by Gasteiger charge is 2.32. The van der Waals surface area contributed by atoms with Crippen LogP contribution in [-0.4, -0.2) is 4.98 Å². The number of nitrogens with two attached hydrogens (primary N) is 1. The van der Waals surface area contributed by atoms with Gasteiger partial charge in [0, 0.05) is 6.07 Å². The number of nitrogens with one attached hydrogen (secondary N) is 2. The molecule has 0 saturated carbocycles. The SMILES string of the molecule is Nc1cccc(Nc2[nH+]cc(C(F)(F)F)cc2Cl)n1. The Morgan fingerprint density at radius 3 is 2.63 bits per heavy atom. The molecular weight excluding hydrogens is 281 g/mol. The summed E-state index contributed by atoms with van der Waals surface area (Å²) in [5.74, 6) is 0.860. The van der Waals surface area contributed by atoms with Crippen molar-refractivity contribution < 1.29 is 18.2 Å². The number of hydrogen-bond donors (Lipinski definition) is 2. The van der Waals surface area contributed by atoms with E-state index >= 15 is 0 Å². The maximum atomic E-state index is 12.5. The third kappa shape index (κ3) is 3.25. The van der Waals surface area contributed by atoms with Gasteiger partial charge in [-0.15, -0.1) is 0 Å². The van der Waals surface area contributed by atoms with Gasteiger partial charge in [-0.05, 0) is 12.1 Å². The van der Waals surface area contributed by atoms with E-state index in [9.17, 15) is 13.2 Å². The Bertz CT molecular complexity index is 601. The normalized spacial score (nSPS) is 11.4. The van der Waals surface area contributed by atoms with Crippen molar-refractivity contribution in [2.24, 2.45) is 0 Å². The molecule has 2 heterocycles. The standard InChI is InChI=1S/C11H8ClF3N4/c12-7-4-6(11(13,14)15)5-17-10(7)19-9-3-1-2-8(16)18-9/h1-5H,(H3,16,17,18,19)/p+1. The van der Waals surface area contributed by atoms with Crippen molar-refractivity contribution in [2.75, 3.05) is 11.1 Å². The summed E-state index contributed by atoms with van der Waals surface area (Å²) >= 11 is 5.77. The van der Waals surface area contributed by atoms with Crippen LogP contribution in [0.3, 0.4) is 0 Å². The van der Waals surface area contributed by atoms with Crippen LogP contribution in [0.5, 0.6) is 0 Å². The molecule has 0 aromatic carbocycles. The lowest BCUT2D eigenvalue weighted by atomic mass is 10.3.